The highest BCUT2D eigenvalue weighted by Gasteiger charge is 2.61. The summed E-state index contributed by atoms with van der Waals surface area (Å²) in [5, 5.41) is 0. The molecule has 0 saturated heterocycles. The Labute approximate surface area is 123 Å². The van der Waals surface area contributed by atoms with Gasteiger partial charge >= 0.3 is 5.97 Å². The van der Waals surface area contributed by atoms with Crippen LogP contribution in [0.2, 0.25) is 0 Å². The van der Waals surface area contributed by atoms with Gasteiger partial charge in [-0.25, -0.2) is 0 Å². The molecule has 0 bridgehead atoms. The fraction of sp³-hybridized carbons (Fsp3) is 0.611. The predicted octanol–water partition coefficient (Wildman–Crippen LogP) is 4.13. The zero-order valence-corrected chi connectivity index (χ0v) is 13.5. The topological polar surface area (TPSA) is 26.3 Å². The van der Waals surface area contributed by atoms with E-state index in [1.165, 1.54) is 5.57 Å². The lowest BCUT2D eigenvalue weighted by molar-refractivity contribution is -0.147. The van der Waals surface area contributed by atoms with E-state index in [-0.39, 0.29) is 23.2 Å². The fourth-order valence-electron chi connectivity index (χ4n) is 2.67. The Morgan fingerprint density at radius 3 is 2.45 bits per heavy atom. The number of hydrogen-bond donors (Lipinski definition) is 0. The van der Waals surface area contributed by atoms with E-state index < -0.39 is 6.10 Å². The molecule has 2 nitrogen and oxygen atoms in total. The minimum Gasteiger partial charge on any atom is -0.444 e. The van der Waals surface area contributed by atoms with Gasteiger partial charge < -0.3 is 4.74 Å². The van der Waals surface area contributed by atoms with Crippen LogP contribution in [0.15, 0.2) is 23.3 Å². The van der Waals surface area contributed by atoms with Gasteiger partial charge in [-0.15, -0.1) is 6.42 Å². The van der Waals surface area contributed by atoms with Gasteiger partial charge in [-0.2, -0.15) is 0 Å². The summed E-state index contributed by atoms with van der Waals surface area (Å²) in [6, 6.07) is 0. The van der Waals surface area contributed by atoms with Crippen LogP contribution in [0.5, 0.6) is 0 Å². The average molecular weight is 274 g/mol. The Balaban J connectivity index is 2.76. The third-order valence-corrected chi connectivity index (χ3v) is 4.00. The Morgan fingerprint density at radius 1 is 1.40 bits per heavy atom. The number of terminal acetylenes is 1. The van der Waals surface area contributed by atoms with Gasteiger partial charge in [0.15, 0.2) is 6.10 Å². The van der Waals surface area contributed by atoms with E-state index in [0.29, 0.717) is 0 Å². The molecule has 0 N–H and O–H groups in total. The lowest BCUT2D eigenvalue weighted by Crippen LogP contribution is -2.20. The van der Waals surface area contributed by atoms with Crippen LogP contribution in [-0.2, 0) is 9.53 Å². The Bertz CT molecular complexity index is 470. The molecule has 0 heterocycles. The van der Waals surface area contributed by atoms with Gasteiger partial charge in [0.05, 0.1) is 5.92 Å². The lowest BCUT2D eigenvalue weighted by atomic mass is 10.1. The maximum absolute atomic E-state index is 12.3. The summed E-state index contributed by atoms with van der Waals surface area (Å²) in [4.78, 5) is 12.3. The van der Waals surface area contributed by atoms with E-state index in [9.17, 15) is 4.79 Å². The van der Waals surface area contributed by atoms with Crippen LogP contribution in [-0.4, -0.2) is 12.1 Å². The first-order valence-corrected chi connectivity index (χ1v) is 7.24. The summed E-state index contributed by atoms with van der Waals surface area (Å²) >= 11 is 0. The van der Waals surface area contributed by atoms with E-state index >= 15 is 0 Å². The highest BCUT2D eigenvalue weighted by atomic mass is 16.5. The highest BCUT2D eigenvalue weighted by molar-refractivity contribution is 5.79. The van der Waals surface area contributed by atoms with Crippen LogP contribution in [0.4, 0.5) is 0 Å². The first-order valence-electron chi connectivity index (χ1n) is 7.24. The van der Waals surface area contributed by atoms with E-state index in [2.05, 4.69) is 39.7 Å². The first-order chi connectivity index (χ1) is 9.25. The van der Waals surface area contributed by atoms with Crippen molar-refractivity contribution in [3.8, 4) is 12.3 Å². The Hall–Kier alpha value is -1.49. The summed E-state index contributed by atoms with van der Waals surface area (Å²) in [5.41, 5.74) is 2.13. The molecule has 0 aromatic heterocycles. The van der Waals surface area contributed by atoms with Gasteiger partial charge in [0, 0.05) is 0 Å². The normalized spacial score (nSPS) is 25.4. The number of allylic oxidation sites excluding steroid dienone is 3. The highest BCUT2D eigenvalue weighted by Crippen LogP contribution is 2.59. The zero-order chi connectivity index (χ0) is 15.5. The fourth-order valence-corrected chi connectivity index (χ4v) is 2.67. The third-order valence-electron chi connectivity index (χ3n) is 4.00. The van der Waals surface area contributed by atoms with Crippen LogP contribution in [0.25, 0.3) is 0 Å². The van der Waals surface area contributed by atoms with E-state index in [1.807, 2.05) is 19.9 Å². The quantitative estimate of drug-likeness (QED) is 0.428. The molecule has 110 valence electrons. The monoisotopic (exact) mass is 274 g/mol. The summed E-state index contributed by atoms with van der Waals surface area (Å²) in [6.45, 7) is 12.2. The molecule has 1 aliphatic rings. The molecule has 1 aliphatic carbocycles. The first kappa shape index (κ1) is 16.6. The summed E-state index contributed by atoms with van der Waals surface area (Å²) in [6.07, 6.45) is 9.99. The standard InChI is InChI=1S/C18H26O2/c1-8-10-13(5)15(9-2)20-17(19)16-14(11-12(3)4)18(16,6)7/h2,10-11,14-16H,8H2,1,3-7H3/b13-10+. The molecule has 0 aliphatic heterocycles. The van der Waals surface area contributed by atoms with Crippen molar-refractivity contribution < 1.29 is 9.53 Å². The van der Waals surface area contributed by atoms with Gasteiger partial charge in [0.1, 0.15) is 0 Å². The maximum Gasteiger partial charge on any atom is 0.311 e. The number of esters is 1. The molecule has 3 atom stereocenters. The van der Waals surface area contributed by atoms with Gasteiger partial charge in [0.2, 0.25) is 0 Å². The minimum atomic E-state index is -0.536. The molecule has 2 heteroatoms. The molecule has 1 rings (SSSR count). The molecule has 20 heavy (non-hydrogen) atoms. The average Bonchev–Trinajstić information content (AvgIpc) is 2.86. The Kier molecular flexibility index (Phi) is 5.22. The smallest absolute Gasteiger partial charge is 0.311 e. The minimum absolute atomic E-state index is 0.0319. The maximum atomic E-state index is 12.3. The summed E-state index contributed by atoms with van der Waals surface area (Å²) in [7, 11) is 0. The lowest BCUT2D eigenvalue weighted by Gasteiger charge is -2.13. The predicted molar refractivity (Wildman–Crippen MR) is 83.0 cm³/mol. The molecular formula is C18H26O2. The third kappa shape index (κ3) is 3.54. The summed E-state index contributed by atoms with van der Waals surface area (Å²) in [5.74, 6) is 2.56. The zero-order valence-electron chi connectivity index (χ0n) is 13.5. The van der Waals surface area contributed by atoms with Crippen molar-refractivity contribution in [1.82, 2.24) is 0 Å². The number of rotatable bonds is 5. The van der Waals surface area contributed by atoms with Crippen molar-refractivity contribution in [3.63, 3.8) is 0 Å². The van der Waals surface area contributed by atoms with Gasteiger partial charge in [0.25, 0.3) is 0 Å². The van der Waals surface area contributed by atoms with Crippen molar-refractivity contribution in [3.05, 3.63) is 23.3 Å². The van der Waals surface area contributed by atoms with Crippen LogP contribution in [0.3, 0.4) is 0 Å². The molecular weight excluding hydrogens is 248 g/mol. The van der Waals surface area contributed by atoms with Crippen molar-refractivity contribution in [2.24, 2.45) is 17.3 Å². The Morgan fingerprint density at radius 2 is 2.00 bits per heavy atom. The second-order valence-corrected chi connectivity index (χ2v) is 6.41. The number of carbonyl (C=O) groups is 1. The van der Waals surface area contributed by atoms with Crippen LogP contribution >= 0.6 is 0 Å². The summed E-state index contributed by atoms with van der Waals surface area (Å²) < 4.78 is 5.51. The molecule has 0 radical (unpaired) electrons. The van der Waals surface area contributed by atoms with Gasteiger partial charge in [-0.05, 0) is 44.1 Å². The number of carbonyl (C=O) groups excluding carboxylic acids is 1. The molecule has 0 amide bonds. The largest absolute Gasteiger partial charge is 0.444 e. The second-order valence-electron chi connectivity index (χ2n) is 6.41. The van der Waals surface area contributed by atoms with Crippen LogP contribution in [0.1, 0.15) is 48.0 Å². The molecule has 0 aromatic rings. The van der Waals surface area contributed by atoms with Crippen molar-refractivity contribution in [2.75, 3.05) is 0 Å². The van der Waals surface area contributed by atoms with E-state index in [4.69, 9.17) is 11.2 Å². The van der Waals surface area contributed by atoms with Gasteiger partial charge in [-0.1, -0.05) is 44.4 Å². The van der Waals surface area contributed by atoms with Crippen molar-refractivity contribution in [1.29, 1.82) is 0 Å². The SMILES string of the molecule is C#CC(OC(=O)C1C(C=C(C)C)C1(C)C)/C(C)=C/CC. The number of hydrogen-bond acceptors (Lipinski definition) is 2. The molecule has 1 saturated carbocycles. The van der Waals surface area contributed by atoms with Crippen LogP contribution < -0.4 is 0 Å². The van der Waals surface area contributed by atoms with Crippen LogP contribution in [0, 0.1) is 29.6 Å². The molecule has 1 fully saturated rings. The van der Waals surface area contributed by atoms with Gasteiger partial charge in [-0.3, -0.25) is 4.79 Å². The van der Waals surface area contributed by atoms with Crippen molar-refractivity contribution in [2.45, 2.75) is 54.1 Å². The molecule has 3 unspecified atom stereocenters. The molecule has 0 aromatic carbocycles. The number of ether oxygens (including phenoxy) is 1. The second kappa shape index (κ2) is 6.31. The van der Waals surface area contributed by atoms with Crippen molar-refractivity contribution >= 4 is 5.97 Å². The molecule has 0 spiro atoms. The van der Waals surface area contributed by atoms with E-state index in [1.54, 1.807) is 0 Å². The van der Waals surface area contributed by atoms with E-state index in [0.717, 1.165) is 12.0 Å².